The summed E-state index contributed by atoms with van der Waals surface area (Å²) in [5.41, 5.74) is 5.95. The maximum atomic E-state index is 13.6. The molecule has 0 unspecified atom stereocenters. The number of nitrogens with two attached hydrogens (primary N) is 1. The van der Waals surface area contributed by atoms with Crippen LogP contribution in [0.5, 0.6) is 0 Å². The fraction of sp³-hybridized carbons (Fsp3) is 0.182. The van der Waals surface area contributed by atoms with Gasteiger partial charge in [-0.25, -0.2) is 9.07 Å². The van der Waals surface area contributed by atoms with Crippen LogP contribution >= 0.6 is 15.9 Å². The zero-order valence-corrected chi connectivity index (χ0v) is 11.4. The lowest BCUT2D eigenvalue weighted by Gasteiger charge is -2.02. The Balaban J connectivity index is 2.16. The molecule has 8 heteroatoms. The lowest BCUT2D eigenvalue weighted by molar-refractivity contribution is -0.119. The van der Waals surface area contributed by atoms with Crippen molar-refractivity contribution >= 4 is 21.8 Å². The molecule has 0 spiro atoms. The lowest BCUT2D eigenvalue weighted by atomic mass is 10.3. The third-order valence-corrected chi connectivity index (χ3v) is 2.84. The Morgan fingerprint density at radius 1 is 1.53 bits per heavy atom. The standard InChI is InChI=1S/C11H11BrFN5O/c12-7-1-2-9(13)10(3-7)18-6-8(16-17-18)5-15-11(19)4-14/h1-3,6H,4-5,14H2,(H,15,19). The van der Waals surface area contributed by atoms with E-state index < -0.39 is 5.82 Å². The van der Waals surface area contributed by atoms with E-state index in [1.54, 1.807) is 18.3 Å². The van der Waals surface area contributed by atoms with Crippen molar-refractivity contribution in [3.63, 3.8) is 0 Å². The number of carbonyl (C=O) groups is 1. The molecule has 100 valence electrons. The van der Waals surface area contributed by atoms with Crippen LogP contribution in [0.1, 0.15) is 5.69 Å². The molecule has 1 amide bonds. The first-order valence-electron chi connectivity index (χ1n) is 5.43. The summed E-state index contributed by atoms with van der Waals surface area (Å²) in [7, 11) is 0. The fourth-order valence-electron chi connectivity index (χ4n) is 1.42. The SMILES string of the molecule is NCC(=O)NCc1cn(-c2cc(Br)ccc2F)nn1. The van der Waals surface area contributed by atoms with E-state index >= 15 is 0 Å². The Labute approximate surface area is 116 Å². The molecule has 0 aliphatic heterocycles. The van der Waals surface area contributed by atoms with E-state index in [0.717, 1.165) is 4.47 Å². The van der Waals surface area contributed by atoms with Gasteiger partial charge < -0.3 is 11.1 Å². The molecule has 19 heavy (non-hydrogen) atoms. The molecule has 0 atom stereocenters. The molecule has 0 aliphatic rings. The quantitative estimate of drug-likeness (QED) is 0.867. The Kier molecular flexibility index (Phi) is 4.23. The van der Waals surface area contributed by atoms with Crippen LogP contribution in [0.2, 0.25) is 0 Å². The summed E-state index contributed by atoms with van der Waals surface area (Å²) in [4.78, 5) is 11.0. The number of amides is 1. The van der Waals surface area contributed by atoms with Gasteiger partial charge in [0.15, 0.2) is 0 Å². The molecule has 0 aliphatic carbocycles. The number of nitrogens with zero attached hydrogens (tertiary/aromatic N) is 3. The highest BCUT2D eigenvalue weighted by molar-refractivity contribution is 9.10. The molecule has 0 bridgehead atoms. The third-order valence-electron chi connectivity index (χ3n) is 2.35. The van der Waals surface area contributed by atoms with Gasteiger partial charge in [0.2, 0.25) is 5.91 Å². The van der Waals surface area contributed by atoms with E-state index in [4.69, 9.17) is 5.73 Å². The predicted molar refractivity (Wildman–Crippen MR) is 69.9 cm³/mol. The number of nitrogens with one attached hydrogen (secondary N) is 1. The first-order chi connectivity index (χ1) is 9.10. The Morgan fingerprint density at radius 2 is 2.32 bits per heavy atom. The van der Waals surface area contributed by atoms with Crippen molar-refractivity contribution < 1.29 is 9.18 Å². The first kappa shape index (κ1) is 13.6. The van der Waals surface area contributed by atoms with Crippen molar-refractivity contribution in [3.8, 4) is 5.69 Å². The lowest BCUT2D eigenvalue weighted by Crippen LogP contribution is -2.29. The summed E-state index contributed by atoms with van der Waals surface area (Å²) < 4.78 is 15.7. The molecule has 0 fully saturated rings. The molecule has 0 saturated carbocycles. The van der Waals surface area contributed by atoms with Crippen molar-refractivity contribution in [1.29, 1.82) is 0 Å². The highest BCUT2D eigenvalue weighted by Crippen LogP contribution is 2.18. The van der Waals surface area contributed by atoms with Crippen LogP contribution in [-0.2, 0) is 11.3 Å². The minimum Gasteiger partial charge on any atom is -0.349 e. The van der Waals surface area contributed by atoms with E-state index in [9.17, 15) is 9.18 Å². The molecule has 2 aromatic rings. The normalized spacial score (nSPS) is 10.5. The number of carbonyl (C=O) groups excluding carboxylic acids is 1. The fourth-order valence-corrected chi connectivity index (χ4v) is 1.77. The van der Waals surface area contributed by atoms with E-state index in [0.29, 0.717) is 5.69 Å². The van der Waals surface area contributed by atoms with Crippen LogP contribution in [-0.4, -0.2) is 27.4 Å². The summed E-state index contributed by atoms with van der Waals surface area (Å²) in [6.45, 7) is 0.111. The van der Waals surface area contributed by atoms with Gasteiger partial charge in [0, 0.05) is 4.47 Å². The van der Waals surface area contributed by atoms with Crippen molar-refractivity contribution in [2.24, 2.45) is 5.73 Å². The average Bonchev–Trinajstić information content (AvgIpc) is 2.87. The molecule has 1 heterocycles. The van der Waals surface area contributed by atoms with Gasteiger partial charge in [-0.2, -0.15) is 0 Å². The minimum absolute atomic E-state index is 0.0889. The van der Waals surface area contributed by atoms with E-state index in [1.165, 1.54) is 10.7 Å². The van der Waals surface area contributed by atoms with Gasteiger partial charge in [-0.05, 0) is 18.2 Å². The van der Waals surface area contributed by atoms with Crippen LogP contribution in [0.4, 0.5) is 4.39 Å². The molecular formula is C11H11BrFN5O. The highest BCUT2D eigenvalue weighted by atomic mass is 79.9. The van der Waals surface area contributed by atoms with Crippen LogP contribution in [0.3, 0.4) is 0 Å². The topological polar surface area (TPSA) is 85.8 Å². The number of halogens is 2. The van der Waals surface area contributed by atoms with E-state index in [1.807, 2.05) is 0 Å². The molecule has 2 rings (SSSR count). The number of hydrogen-bond acceptors (Lipinski definition) is 4. The van der Waals surface area contributed by atoms with Crippen LogP contribution < -0.4 is 11.1 Å². The summed E-state index contributed by atoms with van der Waals surface area (Å²) in [5.74, 6) is -0.700. The van der Waals surface area contributed by atoms with Gasteiger partial charge in [-0.15, -0.1) is 5.10 Å². The molecule has 6 nitrogen and oxygen atoms in total. The number of hydrogen-bond donors (Lipinski definition) is 2. The van der Waals surface area contributed by atoms with Gasteiger partial charge in [-0.3, -0.25) is 4.79 Å². The van der Waals surface area contributed by atoms with Crippen LogP contribution in [0.15, 0.2) is 28.9 Å². The maximum absolute atomic E-state index is 13.6. The second-order valence-electron chi connectivity index (χ2n) is 3.73. The largest absolute Gasteiger partial charge is 0.349 e. The monoisotopic (exact) mass is 327 g/mol. The summed E-state index contributed by atoms with van der Waals surface area (Å²) in [6, 6.07) is 4.52. The van der Waals surface area contributed by atoms with Crippen LogP contribution in [0, 0.1) is 5.82 Å². The second-order valence-corrected chi connectivity index (χ2v) is 4.65. The molecule has 0 radical (unpaired) electrons. The molecule has 3 N–H and O–H groups in total. The Hall–Kier alpha value is -1.80. The van der Waals surface area contributed by atoms with Crippen molar-refractivity contribution in [2.45, 2.75) is 6.54 Å². The minimum atomic E-state index is -0.411. The van der Waals surface area contributed by atoms with Gasteiger partial charge in [-0.1, -0.05) is 21.1 Å². The van der Waals surface area contributed by atoms with Crippen molar-refractivity contribution in [3.05, 3.63) is 40.4 Å². The van der Waals surface area contributed by atoms with Crippen LogP contribution in [0.25, 0.3) is 5.69 Å². The summed E-state index contributed by atoms with van der Waals surface area (Å²) >= 11 is 3.26. The average molecular weight is 328 g/mol. The van der Waals surface area contributed by atoms with Gasteiger partial charge in [0.05, 0.1) is 19.3 Å². The maximum Gasteiger partial charge on any atom is 0.234 e. The smallest absolute Gasteiger partial charge is 0.234 e. The molecule has 1 aromatic carbocycles. The molecule has 1 aromatic heterocycles. The number of aromatic nitrogens is 3. The zero-order chi connectivity index (χ0) is 13.8. The van der Waals surface area contributed by atoms with Crippen molar-refractivity contribution in [2.75, 3.05) is 6.54 Å². The Morgan fingerprint density at radius 3 is 3.05 bits per heavy atom. The van der Waals surface area contributed by atoms with E-state index in [2.05, 4.69) is 31.6 Å². The Bertz CT molecular complexity index is 601. The molecular weight excluding hydrogens is 317 g/mol. The van der Waals surface area contributed by atoms with E-state index in [-0.39, 0.29) is 24.7 Å². The number of benzene rings is 1. The highest BCUT2D eigenvalue weighted by Gasteiger charge is 2.09. The van der Waals surface area contributed by atoms with Crippen molar-refractivity contribution in [1.82, 2.24) is 20.3 Å². The zero-order valence-electron chi connectivity index (χ0n) is 9.81. The first-order valence-corrected chi connectivity index (χ1v) is 6.23. The van der Waals surface area contributed by atoms with Gasteiger partial charge in [0.1, 0.15) is 17.2 Å². The third kappa shape index (κ3) is 3.36. The summed E-state index contributed by atoms with van der Waals surface area (Å²) in [5, 5.41) is 10.2. The number of rotatable bonds is 4. The van der Waals surface area contributed by atoms with Gasteiger partial charge >= 0.3 is 0 Å². The van der Waals surface area contributed by atoms with Gasteiger partial charge in [0.25, 0.3) is 0 Å². The summed E-state index contributed by atoms with van der Waals surface area (Å²) in [6.07, 6.45) is 1.54. The second kappa shape index (κ2) is 5.89. The predicted octanol–water partition coefficient (Wildman–Crippen LogP) is 0.744. The molecule has 0 saturated heterocycles.